The van der Waals surface area contributed by atoms with Gasteiger partial charge in [-0.05, 0) is 11.4 Å². The van der Waals surface area contributed by atoms with Crippen LogP contribution >= 0.6 is 11.3 Å². The first kappa shape index (κ1) is 6.88. The van der Waals surface area contributed by atoms with Crippen LogP contribution in [-0.4, -0.2) is 4.57 Å². The Labute approximate surface area is 69.2 Å². The molecule has 0 bridgehead atoms. The van der Waals surface area contributed by atoms with Crippen molar-refractivity contribution in [2.75, 3.05) is 0 Å². The molecule has 2 N–H and O–H groups in total. The Balaban J connectivity index is 2.80. The number of thiophene rings is 1. The van der Waals surface area contributed by atoms with Crippen molar-refractivity contribution in [3.8, 4) is 0 Å². The standard InChI is InChI=1S/C8H10N2S/c1-10-5-6(4-9)8-7(10)2-3-11-8/h2-3,5H,4,9H2,1H3. The number of nitrogens with zero attached hydrogens (tertiary/aromatic N) is 1. The van der Waals surface area contributed by atoms with Crippen molar-refractivity contribution in [2.24, 2.45) is 12.8 Å². The van der Waals surface area contributed by atoms with Crippen molar-refractivity contribution in [3.63, 3.8) is 0 Å². The summed E-state index contributed by atoms with van der Waals surface area (Å²) < 4.78 is 3.45. The lowest BCUT2D eigenvalue weighted by atomic mass is 10.3. The van der Waals surface area contributed by atoms with Crippen molar-refractivity contribution < 1.29 is 0 Å². The second-order valence-corrected chi connectivity index (χ2v) is 3.52. The lowest BCUT2D eigenvalue weighted by Gasteiger charge is -1.87. The third-order valence-electron chi connectivity index (χ3n) is 1.89. The van der Waals surface area contributed by atoms with Gasteiger partial charge in [-0.3, -0.25) is 0 Å². The summed E-state index contributed by atoms with van der Waals surface area (Å²) in [7, 11) is 2.05. The largest absolute Gasteiger partial charge is 0.350 e. The van der Waals surface area contributed by atoms with Gasteiger partial charge in [-0.25, -0.2) is 0 Å². The highest BCUT2D eigenvalue weighted by atomic mass is 32.1. The molecule has 0 aromatic carbocycles. The summed E-state index contributed by atoms with van der Waals surface area (Å²) in [4.78, 5) is 0. The molecule has 0 atom stereocenters. The molecule has 3 heteroatoms. The monoisotopic (exact) mass is 166 g/mol. The molecule has 0 spiro atoms. The van der Waals surface area contributed by atoms with Crippen molar-refractivity contribution in [1.82, 2.24) is 4.57 Å². The molecular weight excluding hydrogens is 156 g/mol. The zero-order chi connectivity index (χ0) is 7.84. The number of aryl methyl sites for hydroxylation is 1. The smallest absolute Gasteiger partial charge is 0.0590 e. The van der Waals surface area contributed by atoms with Crippen molar-refractivity contribution in [1.29, 1.82) is 0 Å². The Bertz CT molecular complexity index is 372. The summed E-state index contributed by atoms with van der Waals surface area (Å²) in [5.74, 6) is 0. The van der Waals surface area contributed by atoms with Crippen LogP contribution in [0, 0.1) is 0 Å². The first-order valence-corrected chi connectivity index (χ1v) is 4.42. The molecular formula is C8H10N2S. The van der Waals surface area contributed by atoms with Crippen LogP contribution in [0.3, 0.4) is 0 Å². The Morgan fingerprint density at radius 3 is 3.18 bits per heavy atom. The van der Waals surface area contributed by atoms with Crippen LogP contribution in [0.1, 0.15) is 5.56 Å². The maximum atomic E-state index is 5.58. The lowest BCUT2D eigenvalue weighted by Crippen LogP contribution is -1.93. The zero-order valence-corrected chi connectivity index (χ0v) is 7.19. The van der Waals surface area contributed by atoms with Gasteiger partial charge >= 0.3 is 0 Å². The minimum atomic E-state index is 0.637. The fourth-order valence-electron chi connectivity index (χ4n) is 1.33. The van der Waals surface area contributed by atoms with Gasteiger partial charge in [0.2, 0.25) is 0 Å². The summed E-state index contributed by atoms with van der Waals surface area (Å²) in [6.07, 6.45) is 2.10. The molecule has 11 heavy (non-hydrogen) atoms. The normalized spacial score (nSPS) is 11.1. The molecule has 0 aliphatic heterocycles. The van der Waals surface area contributed by atoms with Gasteiger partial charge in [-0.15, -0.1) is 11.3 Å². The fraction of sp³-hybridized carbons (Fsp3) is 0.250. The maximum Gasteiger partial charge on any atom is 0.0590 e. The van der Waals surface area contributed by atoms with E-state index >= 15 is 0 Å². The molecule has 0 radical (unpaired) electrons. The van der Waals surface area contributed by atoms with Crippen LogP contribution < -0.4 is 5.73 Å². The van der Waals surface area contributed by atoms with Gasteiger partial charge in [0.25, 0.3) is 0 Å². The van der Waals surface area contributed by atoms with Crippen LogP contribution in [-0.2, 0) is 13.6 Å². The van der Waals surface area contributed by atoms with E-state index in [0.29, 0.717) is 6.54 Å². The van der Waals surface area contributed by atoms with Gasteiger partial charge in [0, 0.05) is 25.4 Å². The van der Waals surface area contributed by atoms with Crippen LogP contribution in [0.15, 0.2) is 17.6 Å². The zero-order valence-electron chi connectivity index (χ0n) is 6.37. The molecule has 58 valence electrons. The Morgan fingerprint density at radius 2 is 2.45 bits per heavy atom. The Morgan fingerprint density at radius 1 is 1.64 bits per heavy atom. The van der Waals surface area contributed by atoms with Crippen LogP contribution in [0.4, 0.5) is 0 Å². The summed E-state index contributed by atoms with van der Waals surface area (Å²) in [6, 6.07) is 2.12. The van der Waals surface area contributed by atoms with Crippen LogP contribution in [0.2, 0.25) is 0 Å². The van der Waals surface area contributed by atoms with E-state index in [9.17, 15) is 0 Å². The molecule has 2 nitrogen and oxygen atoms in total. The summed E-state index contributed by atoms with van der Waals surface area (Å²) in [5, 5.41) is 2.10. The van der Waals surface area contributed by atoms with Gasteiger partial charge in [-0.1, -0.05) is 0 Å². The number of aromatic nitrogens is 1. The number of rotatable bonds is 1. The first-order valence-electron chi connectivity index (χ1n) is 3.54. The third-order valence-corrected chi connectivity index (χ3v) is 2.86. The van der Waals surface area contributed by atoms with Gasteiger partial charge in [0.15, 0.2) is 0 Å². The molecule has 0 aliphatic carbocycles. The van der Waals surface area contributed by atoms with Crippen molar-refractivity contribution >= 4 is 21.6 Å². The molecule has 2 aromatic heterocycles. The molecule has 0 saturated carbocycles. The highest BCUT2D eigenvalue weighted by Crippen LogP contribution is 2.25. The van der Waals surface area contributed by atoms with E-state index in [4.69, 9.17) is 5.73 Å². The third kappa shape index (κ3) is 0.886. The van der Waals surface area contributed by atoms with Gasteiger partial charge in [0.1, 0.15) is 0 Å². The minimum absolute atomic E-state index is 0.637. The van der Waals surface area contributed by atoms with Crippen LogP contribution in [0.5, 0.6) is 0 Å². The second-order valence-electron chi connectivity index (χ2n) is 2.60. The lowest BCUT2D eigenvalue weighted by molar-refractivity contribution is 0.949. The minimum Gasteiger partial charge on any atom is -0.350 e. The maximum absolute atomic E-state index is 5.58. The average Bonchev–Trinajstić information content (AvgIpc) is 2.54. The van der Waals surface area contributed by atoms with E-state index < -0.39 is 0 Å². The van der Waals surface area contributed by atoms with E-state index in [1.165, 1.54) is 15.8 Å². The van der Waals surface area contributed by atoms with E-state index in [1.54, 1.807) is 11.3 Å². The SMILES string of the molecule is Cn1cc(CN)c2sccc21. The van der Waals surface area contributed by atoms with Crippen molar-refractivity contribution in [2.45, 2.75) is 6.54 Å². The van der Waals surface area contributed by atoms with Gasteiger partial charge in [0.05, 0.1) is 10.2 Å². The molecule has 0 unspecified atom stereocenters. The number of nitrogens with two attached hydrogens (primary N) is 1. The quantitative estimate of drug-likeness (QED) is 0.686. The summed E-state index contributed by atoms with van der Waals surface area (Å²) in [5.41, 5.74) is 8.12. The summed E-state index contributed by atoms with van der Waals surface area (Å²) >= 11 is 1.76. The molecule has 0 saturated heterocycles. The Hall–Kier alpha value is -0.800. The molecule has 0 fully saturated rings. The second kappa shape index (κ2) is 2.36. The van der Waals surface area contributed by atoms with E-state index in [-0.39, 0.29) is 0 Å². The van der Waals surface area contributed by atoms with Gasteiger partial charge < -0.3 is 10.3 Å². The first-order chi connectivity index (χ1) is 5.33. The summed E-state index contributed by atoms with van der Waals surface area (Å²) in [6.45, 7) is 0.637. The predicted octanol–water partition coefficient (Wildman–Crippen LogP) is 1.70. The molecule has 2 rings (SSSR count). The van der Waals surface area contributed by atoms with E-state index in [0.717, 1.165) is 0 Å². The van der Waals surface area contributed by atoms with Crippen molar-refractivity contribution in [3.05, 3.63) is 23.2 Å². The van der Waals surface area contributed by atoms with E-state index in [2.05, 4.69) is 22.2 Å². The Kier molecular flexibility index (Phi) is 1.47. The van der Waals surface area contributed by atoms with Gasteiger partial charge in [-0.2, -0.15) is 0 Å². The molecule has 0 aliphatic rings. The predicted molar refractivity (Wildman–Crippen MR) is 48.7 cm³/mol. The topological polar surface area (TPSA) is 30.9 Å². The average molecular weight is 166 g/mol. The highest BCUT2D eigenvalue weighted by molar-refractivity contribution is 7.17. The fourth-order valence-corrected chi connectivity index (χ4v) is 2.28. The number of hydrogen-bond donors (Lipinski definition) is 1. The number of fused-ring (bicyclic) bond motifs is 1. The van der Waals surface area contributed by atoms with Crippen LogP contribution in [0.25, 0.3) is 10.2 Å². The highest BCUT2D eigenvalue weighted by Gasteiger charge is 2.04. The van der Waals surface area contributed by atoms with E-state index in [1.807, 2.05) is 7.05 Å². The number of hydrogen-bond acceptors (Lipinski definition) is 2. The molecule has 2 heterocycles. The molecule has 0 amide bonds. The molecule has 2 aromatic rings.